The number of carbonyl (C=O) groups excluding carboxylic acids is 1. The number of nitrogens with two attached hydrogens (primary N) is 1. The Morgan fingerprint density at radius 1 is 1.48 bits per heavy atom. The van der Waals surface area contributed by atoms with Crippen LogP contribution in [-0.2, 0) is 13.0 Å². The third-order valence-corrected chi connectivity index (χ3v) is 3.42. The molecule has 0 radical (unpaired) electrons. The van der Waals surface area contributed by atoms with Gasteiger partial charge in [0.2, 0.25) is 0 Å². The standard InChI is InChI=1S/C15H26N4OS/c1-5-12-9-13(19(6-2)17-12)15(20)18(10-11(3)4)8-7-14(16)21/h9,11H,5-8,10H2,1-4H3,(H2,16,21). The Bertz CT molecular complexity index is 496. The Kier molecular flexibility index (Phi) is 6.81. The first-order chi connectivity index (χ1) is 9.88. The van der Waals surface area contributed by atoms with Crippen LogP contribution >= 0.6 is 12.2 Å². The second-order valence-corrected chi connectivity index (χ2v) is 6.08. The van der Waals surface area contributed by atoms with Crippen molar-refractivity contribution in [2.75, 3.05) is 13.1 Å². The SMILES string of the molecule is CCc1cc(C(=O)N(CCC(N)=S)CC(C)C)n(CC)n1. The van der Waals surface area contributed by atoms with Gasteiger partial charge in [-0.05, 0) is 25.3 Å². The molecular weight excluding hydrogens is 284 g/mol. The zero-order valence-electron chi connectivity index (χ0n) is 13.4. The maximum Gasteiger partial charge on any atom is 0.272 e. The Morgan fingerprint density at radius 3 is 2.62 bits per heavy atom. The van der Waals surface area contributed by atoms with Crippen molar-refractivity contribution in [3.63, 3.8) is 0 Å². The minimum absolute atomic E-state index is 0.00833. The summed E-state index contributed by atoms with van der Waals surface area (Å²) in [5, 5.41) is 4.44. The van der Waals surface area contributed by atoms with E-state index in [2.05, 4.69) is 18.9 Å². The number of hydrogen-bond acceptors (Lipinski definition) is 3. The lowest BCUT2D eigenvalue weighted by Gasteiger charge is -2.24. The summed E-state index contributed by atoms with van der Waals surface area (Å²) in [5.74, 6) is 0.401. The highest BCUT2D eigenvalue weighted by atomic mass is 32.1. The van der Waals surface area contributed by atoms with Crippen LogP contribution in [0.15, 0.2) is 6.07 Å². The van der Waals surface area contributed by atoms with Crippen molar-refractivity contribution in [2.24, 2.45) is 11.7 Å². The first-order valence-electron chi connectivity index (χ1n) is 7.53. The van der Waals surface area contributed by atoms with Gasteiger partial charge in [-0.3, -0.25) is 9.48 Å². The van der Waals surface area contributed by atoms with Crippen LogP contribution < -0.4 is 5.73 Å². The number of aromatic nitrogens is 2. The fourth-order valence-corrected chi connectivity index (χ4v) is 2.27. The fraction of sp³-hybridized carbons (Fsp3) is 0.667. The zero-order valence-corrected chi connectivity index (χ0v) is 14.2. The van der Waals surface area contributed by atoms with Crippen LogP contribution in [-0.4, -0.2) is 38.7 Å². The van der Waals surface area contributed by atoms with Gasteiger partial charge in [-0.2, -0.15) is 5.10 Å². The van der Waals surface area contributed by atoms with E-state index in [9.17, 15) is 4.79 Å². The average molecular weight is 310 g/mol. The number of nitrogens with zero attached hydrogens (tertiary/aromatic N) is 3. The molecular formula is C15H26N4OS. The van der Waals surface area contributed by atoms with Crippen LogP contribution in [0.3, 0.4) is 0 Å². The normalized spacial score (nSPS) is 10.9. The van der Waals surface area contributed by atoms with Crippen LogP contribution in [0.4, 0.5) is 0 Å². The number of amides is 1. The number of rotatable bonds is 8. The molecule has 0 aliphatic heterocycles. The topological polar surface area (TPSA) is 64.2 Å². The van der Waals surface area contributed by atoms with Gasteiger partial charge < -0.3 is 10.6 Å². The largest absolute Gasteiger partial charge is 0.393 e. The van der Waals surface area contributed by atoms with E-state index < -0.39 is 0 Å². The zero-order chi connectivity index (χ0) is 16.0. The molecule has 2 N–H and O–H groups in total. The van der Waals surface area contributed by atoms with Gasteiger partial charge in [0.1, 0.15) is 5.69 Å². The van der Waals surface area contributed by atoms with E-state index >= 15 is 0 Å². The lowest BCUT2D eigenvalue weighted by molar-refractivity contribution is 0.0728. The highest BCUT2D eigenvalue weighted by Crippen LogP contribution is 2.11. The van der Waals surface area contributed by atoms with E-state index in [1.807, 2.05) is 24.8 Å². The lowest BCUT2D eigenvalue weighted by atomic mass is 10.2. The molecule has 0 saturated heterocycles. The van der Waals surface area contributed by atoms with Crippen molar-refractivity contribution in [3.8, 4) is 0 Å². The molecule has 0 aliphatic rings. The summed E-state index contributed by atoms with van der Waals surface area (Å²) >= 11 is 4.92. The molecule has 1 rings (SSSR count). The van der Waals surface area contributed by atoms with Gasteiger partial charge in [-0.15, -0.1) is 0 Å². The van der Waals surface area contributed by atoms with Crippen LogP contribution in [0.2, 0.25) is 0 Å². The van der Waals surface area contributed by atoms with Crippen molar-refractivity contribution < 1.29 is 4.79 Å². The molecule has 21 heavy (non-hydrogen) atoms. The van der Waals surface area contributed by atoms with Crippen LogP contribution in [0, 0.1) is 5.92 Å². The Labute approximate surface area is 132 Å². The van der Waals surface area contributed by atoms with Crippen LogP contribution in [0.5, 0.6) is 0 Å². The number of thiocarbonyl (C=S) groups is 1. The summed E-state index contributed by atoms with van der Waals surface area (Å²) in [6.07, 6.45) is 1.37. The van der Waals surface area contributed by atoms with Crippen molar-refractivity contribution >= 4 is 23.1 Å². The molecule has 0 aromatic carbocycles. The predicted octanol–water partition coefficient (Wildman–Crippen LogP) is 2.24. The maximum absolute atomic E-state index is 12.8. The van der Waals surface area contributed by atoms with Gasteiger partial charge in [-0.25, -0.2) is 0 Å². The molecule has 1 amide bonds. The molecule has 0 spiro atoms. The Balaban J connectivity index is 2.97. The Morgan fingerprint density at radius 2 is 2.14 bits per heavy atom. The number of hydrogen-bond donors (Lipinski definition) is 1. The molecule has 5 nitrogen and oxygen atoms in total. The van der Waals surface area contributed by atoms with Gasteiger partial charge in [0.15, 0.2) is 0 Å². The first-order valence-corrected chi connectivity index (χ1v) is 7.94. The van der Waals surface area contributed by atoms with Gasteiger partial charge in [0.05, 0.1) is 10.7 Å². The van der Waals surface area contributed by atoms with Crippen molar-refractivity contribution in [1.29, 1.82) is 0 Å². The number of aryl methyl sites for hydroxylation is 2. The minimum Gasteiger partial charge on any atom is -0.393 e. The minimum atomic E-state index is 0.00833. The van der Waals surface area contributed by atoms with Gasteiger partial charge >= 0.3 is 0 Å². The summed E-state index contributed by atoms with van der Waals surface area (Å²) in [5.41, 5.74) is 7.16. The second kappa shape index (κ2) is 8.12. The monoisotopic (exact) mass is 310 g/mol. The van der Waals surface area contributed by atoms with Crippen molar-refractivity contribution in [3.05, 3.63) is 17.5 Å². The second-order valence-electron chi connectivity index (χ2n) is 5.55. The summed E-state index contributed by atoms with van der Waals surface area (Å²) in [6.45, 7) is 10.2. The van der Waals surface area contributed by atoms with Gasteiger partial charge in [-0.1, -0.05) is 33.0 Å². The lowest BCUT2D eigenvalue weighted by Crippen LogP contribution is -2.37. The molecule has 0 unspecified atom stereocenters. The van der Waals surface area contributed by atoms with Gasteiger partial charge in [0, 0.05) is 26.1 Å². The third-order valence-electron chi connectivity index (χ3n) is 3.21. The molecule has 1 heterocycles. The molecule has 1 aromatic heterocycles. The van der Waals surface area contributed by atoms with E-state index in [4.69, 9.17) is 18.0 Å². The van der Waals surface area contributed by atoms with Crippen LogP contribution in [0.1, 0.15) is 50.3 Å². The molecule has 0 aliphatic carbocycles. The Hall–Kier alpha value is -1.43. The molecule has 1 aromatic rings. The van der Waals surface area contributed by atoms with Crippen molar-refractivity contribution in [1.82, 2.24) is 14.7 Å². The molecule has 6 heteroatoms. The summed E-state index contributed by atoms with van der Waals surface area (Å²) in [4.78, 5) is 15.0. The third kappa shape index (κ3) is 5.12. The number of carbonyl (C=O) groups is 1. The van der Waals surface area contributed by atoms with Crippen LogP contribution in [0.25, 0.3) is 0 Å². The molecule has 0 fully saturated rings. The highest BCUT2D eigenvalue weighted by molar-refractivity contribution is 7.80. The smallest absolute Gasteiger partial charge is 0.272 e. The fourth-order valence-electron chi connectivity index (χ4n) is 2.18. The summed E-state index contributed by atoms with van der Waals surface area (Å²) in [6, 6.07) is 1.89. The quantitative estimate of drug-likeness (QED) is 0.748. The molecule has 118 valence electrons. The molecule has 0 bridgehead atoms. The van der Waals surface area contributed by atoms with E-state index in [1.54, 1.807) is 4.68 Å². The maximum atomic E-state index is 12.8. The van der Waals surface area contributed by atoms with E-state index in [0.717, 1.165) is 12.1 Å². The molecule has 0 atom stereocenters. The predicted molar refractivity (Wildman–Crippen MR) is 89.4 cm³/mol. The average Bonchev–Trinajstić information content (AvgIpc) is 2.85. The summed E-state index contributed by atoms with van der Waals surface area (Å²) < 4.78 is 1.77. The summed E-state index contributed by atoms with van der Waals surface area (Å²) in [7, 11) is 0. The van der Waals surface area contributed by atoms with Crippen molar-refractivity contribution in [2.45, 2.75) is 47.1 Å². The van der Waals surface area contributed by atoms with E-state index in [-0.39, 0.29) is 5.91 Å². The highest BCUT2D eigenvalue weighted by Gasteiger charge is 2.21. The molecule has 0 saturated carbocycles. The van der Waals surface area contributed by atoms with Gasteiger partial charge in [0.25, 0.3) is 5.91 Å². The van der Waals surface area contributed by atoms with E-state index in [0.29, 0.717) is 42.7 Å². The first kappa shape index (κ1) is 17.6. The van der Waals surface area contributed by atoms with E-state index in [1.165, 1.54) is 0 Å².